The highest BCUT2D eigenvalue weighted by Crippen LogP contribution is 2.21. The number of ether oxygens (including phenoxy) is 1. The van der Waals surface area contributed by atoms with E-state index in [0.717, 1.165) is 6.42 Å². The van der Waals surface area contributed by atoms with Gasteiger partial charge in [-0.05, 0) is 12.3 Å². The van der Waals surface area contributed by atoms with Crippen LogP contribution < -0.4 is 5.73 Å². The number of thiocarbonyl (C=S) groups is 1. The highest BCUT2D eigenvalue weighted by molar-refractivity contribution is 7.80. The normalized spacial score (nSPS) is 26.1. The molecule has 5 heteroatoms. The van der Waals surface area contributed by atoms with E-state index in [0.29, 0.717) is 18.1 Å². The van der Waals surface area contributed by atoms with Gasteiger partial charge in [-0.2, -0.15) is 0 Å². The van der Waals surface area contributed by atoms with E-state index >= 15 is 0 Å². The molecule has 0 radical (unpaired) electrons. The number of rotatable bonds is 3. The summed E-state index contributed by atoms with van der Waals surface area (Å²) in [5.41, 5.74) is 5.36. The minimum absolute atomic E-state index is 0.0252. The number of nitrogens with zero attached hydrogens (tertiary/aromatic N) is 1. The van der Waals surface area contributed by atoms with Gasteiger partial charge in [0, 0.05) is 13.7 Å². The number of amides is 1. The number of hydrogen-bond acceptors (Lipinski definition) is 3. The van der Waals surface area contributed by atoms with Crippen molar-refractivity contribution in [1.29, 1.82) is 0 Å². The number of carbonyl (C=O) groups is 1. The third kappa shape index (κ3) is 2.65. The van der Waals surface area contributed by atoms with Crippen molar-refractivity contribution < 1.29 is 9.53 Å². The van der Waals surface area contributed by atoms with E-state index in [-0.39, 0.29) is 17.9 Å². The summed E-state index contributed by atoms with van der Waals surface area (Å²) in [6, 6.07) is 0. The molecule has 2 N–H and O–H groups in total. The summed E-state index contributed by atoms with van der Waals surface area (Å²) >= 11 is 4.74. The van der Waals surface area contributed by atoms with Crippen LogP contribution in [0.3, 0.4) is 0 Å². The first kappa shape index (κ1) is 11.4. The molecule has 1 rings (SSSR count). The second-order valence-electron chi connectivity index (χ2n) is 3.72. The Morgan fingerprint density at radius 2 is 2.36 bits per heavy atom. The molecule has 4 nitrogen and oxygen atoms in total. The lowest BCUT2D eigenvalue weighted by Crippen LogP contribution is -2.42. The average Bonchev–Trinajstić information content (AvgIpc) is 2.48. The number of nitrogens with two attached hydrogens (primary N) is 1. The lowest BCUT2D eigenvalue weighted by Gasteiger charge is -2.22. The molecule has 1 saturated heterocycles. The van der Waals surface area contributed by atoms with Gasteiger partial charge in [0.2, 0.25) is 0 Å². The summed E-state index contributed by atoms with van der Waals surface area (Å²) < 4.78 is 5.35. The van der Waals surface area contributed by atoms with Crippen molar-refractivity contribution in [3.63, 3.8) is 0 Å². The molecular formula is C9H16N2O2S. The Bertz CT molecular complexity index is 245. The van der Waals surface area contributed by atoms with Gasteiger partial charge in [-0.15, -0.1) is 0 Å². The average molecular weight is 216 g/mol. The number of hydrogen-bond donors (Lipinski definition) is 1. The molecule has 0 bridgehead atoms. The maximum atomic E-state index is 11.8. The number of carbonyl (C=O) groups excluding carboxylic acids is 1. The molecule has 14 heavy (non-hydrogen) atoms. The molecule has 2 atom stereocenters. The Morgan fingerprint density at radius 3 is 2.79 bits per heavy atom. The van der Waals surface area contributed by atoms with Crippen molar-refractivity contribution in [2.75, 3.05) is 20.2 Å². The van der Waals surface area contributed by atoms with Crippen LogP contribution in [-0.2, 0) is 9.53 Å². The third-order valence-electron chi connectivity index (χ3n) is 2.40. The van der Waals surface area contributed by atoms with Crippen molar-refractivity contribution in [1.82, 2.24) is 4.90 Å². The molecule has 2 unspecified atom stereocenters. The molecule has 0 aromatic rings. The van der Waals surface area contributed by atoms with Crippen molar-refractivity contribution in [2.45, 2.75) is 19.4 Å². The molecule has 0 aliphatic carbocycles. The SMILES string of the molecule is CC1CCOC1C(=O)N(C)CC(N)=S. The molecule has 1 amide bonds. The van der Waals surface area contributed by atoms with Gasteiger partial charge in [0.1, 0.15) is 6.10 Å². The van der Waals surface area contributed by atoms with E-state index < -0.39 is 0 Å². The van der Waals surface area contributed by atoms with Crippen LogP contribution in [0.1, 0.15) is 13.3 Å². The van der Waals surface area contributed by atoms with E-state index in [9.17, 15) is 4.79 Å². The minimum atomic E-state index is -0.311. The Labute approximate surface area is 89.4 Å². The van der Waals surface area contributed by atoms with Crippen LogP contribution in [0.15, 0.2) is 0 Å². The lowest BCUT2D eigenvalue weighted by molar-refractivity contribution is -0.140. The van der Waals surface area contributed by atoms with Crippen molar-refractivity contribution in [2.24, 2.45) is 11.7 Å². The molecule has 80 valence electrons. The van der Waals surface area contributed by atoms with Crippen LogP contribution in [0.25, 0.3) is 0 Å². The summed E-state index contributed by atoms with van der Waals surface area (Å²) in [5, 5.41) is 0. The largest absolute Gasteiger partial charge is 0.392 e. The smallest absolute Gasteiger partial charge is 0.252 e. The second kappa shape index (κ2) is 4.70. The molecule has 0 aromatic heterocycles. The molecule has 0 spiro atoms. The van der Waals surface area contributed by atoms with Gasteiger partial charge in [-0.3, -0.25) is 4.79 Å². The Balaban J connectivity index is 2.51. The van der Waals surface area contributed by atoms with Gasteiger partial charge < -0.3 is 15.4 Å². The summed E-state index contributed by atoms with van der Waals surface area (Å²) in [6.45, 7) is 3.00. The molecule has 1 heterocycles. The molecule has 1 aliphatic rings. The Hall–Kier alpha value is -0.680. The fourth-order valence-corrected chi connectivity index (χ4v) is 1.73. The zero-order chi connectivity index (χ0) is 10.7. The summed E-state index contributed by atoms with van der Waals surface area (Å²) in [4.78, 5) is 13.6. The third-order valence-corrected chi connectivity index (χ3v) is 2.53. The first-order chi connectivity index (χ1) is 6.52. The zero-order valence-corrected chi connectivity index (χ0v) is 9.34. The van der Waals surface area contributed by atoms with Crippen molar-refractivity contribution in [3.05, 3.63) is 0 Å². The topological polar surface area (TPSA) is 55.6 Å². The summed E-state index contributed by atoms with van der Waals surface area (Å²) in [6.07, 6.45) is 0.631. The second-order valence-corrected chi connectivity index (χ2v) is 4.24. The van der Waals surface area contributed by atoms with Crippen LogP contribution in [0, 0.1) is 5.92 Å². The monoisotopic (exact) mass is 216 g/mol. The number of likely N-dealkylation sites (N-methyl/N-ethyl adjacent to an activating group) is 1. The zero-order valence-electron chi connectivity index (χ0n) is 8.53. The fraction of sp³-hybridized carbons (Fsp3) is 0.778. The Morgan fingerprint density at radius 1 is 1.71 bits per heavy atom. The lowest BCUT2D eigenvalue weighted by atomic mass is 10.0. The molecule has 1 aliphatic heterocycles. The van der Waals surface area contributed by atoms with Crippen LogP contribution in [0.5, 0.6) is 0 Å². The highest BCUT2D eigenvalue weighted by atomic mass is 32.1. The standard InChI is InChI=1S/C9H16N2O2S/c1-6-3-4-13-8(6)9(12)11(2)5-7(10)14/h6,8H,3-5H2,1-2H3,(H2,10,14). The quantitative estimate of drug-likeness (QED) is 0.683. The predicted octanol–water partition coefficient (Wildman–Crippen LogP) is 0.156. The van der Waals surface area contributed by atoms with Gasteiger partial charge in [0.05, 0.1) is 11.5 Å². The highest BCUT2D eigenvalue weighted by Gasteiger charge is 2.32. The fourth-order valence-electron chi connectivity index (χ4n) is 1.54. The van der Waals surface area contributed by atoms with Crippen LogP contribution >= 0.6 is 12.2 Å². The van der Waals surface area contributed by atoms with Gasteiger partial charge in [-0.25, -0.2) is 0 Å². The van der Waals surface area contributed by atoms with Gasteiger partial charge in [-0.1, -0.05) is 19.1 Å². The summed E-state index contributed by atoms with van der Waals surface area (Å²) in [7, 11) is 1.69. The maximum Gasteiger partial charge on any atom is 0.252 e. The molecule has 0 aromatic carbocycles. The van der Waals surface area contributed by atoms with E-state index in [2.05, 4.69) is 0 Å². The van der Waals surface area contributed by atoms with Crippen LogP contribution in [0.4, 0.5) is 0 Å². The predicted molar refractivity (Wildman–Crippen MR) is 57.9 cm³/mol. The Kier molecular flexibility index (Phi) is 3.83. The summed E-state index contributed by atoms with van der Waals surface area (Å²) in [5.74, 6) is 0.263. The van der Waals surface area contributed by atoms with Crippen molar-refractivity contribution in [3.8, 4) is 0 Å². The van der Waals surface area contributed by atoms with Gasteiger partial charge in [0.15, 0.2) is 0 Å². The first-order valence-electron chi connectivity index (χ1n) is 4.67. The molecular weight excluding hydrogens is 200 g/mol. The van der Waals surface area contributed by atoms with E-state index in [1.54, 1.807) is 7.05 Å². The van der Waals surface area contributed by atoms with E-state index in [1.807, 2.05) is 6.92 Å². The van der Waals surface area contributed by atoms with Crippen molar-refractivity contribution >= 4 is 23.1 Å². The van der Waals surface area contributed by atoms with Gasteiger partial charge in [0.25, 0.3) is 5.91 Å². The van der Waals surface area contributed by atoms with E-state index in [1.165, 1.54) is 4.90 Å². The molecule has 0 saturated carbocycles. The maximum absolute atomic E-state index is 11.8. The molecule has 1 fully saturated rings. The van der Waals surface area contributed by atoms with Gasteiger partial charge >= 0.3 is 0 Å². The van der Waals surface area contributed by atoms with Crippen LogP contribution in [0.2, 0.25) is 0 Å². The van der Waals surface area contributed by atoms with Crippen LogP contribution in [-0.4, -0.2) is 42.1 Å². The minimum Gasteiger partial charge on any atom is -0.392 e. The first-order valence-corrected chi connectivity index (χ1v) is 5.08. The van der Waals surface area contributed by atoms with E-state index in [4.69, 9.17) is 22.7 Å².